The van der Waals surface area contributed by atoms with E-state index in [1.807, 2.05) is 11.0 Å². The van der Waals surface area contributed by atoms with Gasteiger partial charge in [-0.15, -0.1) is 0 Å². The van der Waals surface area contributed by atoms with Gasteiger partial charge in [0, 0.05) is 13.1 Å². The average molecular weight is 249 g/mol. The molecular formula is C14H19NO3. The average Bonchev–Trinajstić information content (AvgIpc) is 2.83. The summed E-state index contributed by atoms with van der Waals surface area (Å²) in [6.45, 7) is 3.77. The SMILES string of the molecule is COc1cccc(OC)c1C(=O)N1CCC(C)C1. The van der Waals surface area contributed by atoms with Crippen LogP contribution in [0.25, 0.3) is 0 Å². The smallest absolute Gasteiger partial charge is 0.261 e. The zero-order valence-corrected chi connectivity index (χ0v) is 11.1. The van der Waals surface area contributed by atoms with Crippen LogP contribution >= 0.6 is 0 Å². The first kappa shape index (κ1) is 12.7. The number of carbonyl (C=O) groups is 1. The van der Waals surface area contributed by atoms with E-state index in [9.17, 15) is 4.79 Å². The molecule has 0 aliphatic carbocycles. The molecule has 98 valence electrons. The maximum atomic E-state index is 12.5. The molecule has 0 saturated carbocycles. The Hall–Kier alpha value is -1.71. The first-order chi connectivity index (χ1) is 8.67. The van der Waals surface area contributed by atoms with E-state index in [0.29, 0.717) is 23.0 Å². The van der Waals surface area contributed by atoms with Gasteiger partial charge in [0.15, 0.2) is 0 Å². The molecule has 1 aliphatic rings. The van der Waals surface area contributed by atoms with Gasteiger partial charge in [-0.3, -0.25) is 4.79 Å². The van der Waals surface area contributed by atoms with Crippen LogP contribution < -0.4 is 9.47 Å². The van der Waals surface area contributed by atoms with Gasteiger partial charge in [0.25, 0.3) is 5.91 Å². The van der Waals surface area contributed by atoms with Crippen LogP contribution in [0.4, 0.5) is 0 Å². The molecule has 0 aromatic heterocycles. The molecule has 1 saturated heterocycles. The van der Waals surface area contributed by atoms with Crippen molar-refractivity contribution in [3.8, 4) is 11.5 Å². The molecule has 1 aromatic carbocycles. The van der Waals surface area contributed by atoms with Gasteiger partial charge in [-0.2, -0.15) is 0 Å². The fraction of sp³-hybridized carbons (Fsp3) is 0.500. The highest BCUT2D eigenvalue weighted by Crippen LogP contribution is 2.31. The summed E-state index contributed by atoms with van der Waals surface area (Å²) in [6, 6.07) is 5.39. The van der Waals surface area contributed by atoms with E-state index in [0.717, 1.165) is 19.5 Å². The Morgan fingerprint density at radius 1 is 1.28 bits per heavy atom. The van der Waals surface area contributed by atoms with Gasteiger partial charge in [-0.1, -0.05) is 13.0 Å². The first-order valence-corrected chi connectivity index (χ1v) is 6.17. The van der Waals surface area contributed by atoms with Crippen molar-refractivity contribution in [3.63, 3.8) is 0 Å². The third-order valence-corrected chi connectivity index (χ3v) is 3.35. The number of likely N-dealkylation sites (tertiary alicyclic amines) is 1. The first-order valence-electron chi connectivity index (χ1n) is 6.17. The molecule has 0 spiro atoms. The van der Waals surface area contributed by atoms with Crippen LogP contribution in [0.15, 0.2) is 18.2 Å². The molecule has 4 nitrogen and oxygen atoms in total. The Morgan fingerprint density at radius 2 is 1.89 bits per heavy atom. The number of rotatable bonds is 3. The number of ether oxygens (including phenoxy) is 2. The molecule has 1 heterocycles. The quantitative estimate of drug-likeness (QED) is 0.824. The third-order valence-electron chi connectivity index (χ3n) is 3.35. The van der Waals surface area contributed by atoms with Crippen LogP contribution in [-0.4, -0.2) is 38.1 Å². The highest BCUT2D eigenvalue weighted by Gasteiger charge is 2.28. The van der Waals surface area contributed by atoms with Gasteiger partial charge in [0.1, 0.15) is 17.1 Å². The molecule has 1 atom stereocenters. The summed E-state index contributed by atoms with van der Waals surface area (Å²) in [5, 5.41) is 0. The van der Waals surface area contributed by atoms with E-state index < -0.39 is 0 Å². The maximum Gasteiger partial charge on any atom is 0.261 e. The largest absolute Gasteiger partial charge is 0.496 e. The summed E-state index contributed by atoms with van der Waals surface area (Å²) in [4.78, 5) is 14.4. The zero-order chi connectivity index (χ0) is 13.1. The van der Waals surface area contributed by atoms with Gasteiger partial charge in [0.2, 0.25) is 0 Å². The fourth-order valence-corrected chi connectivity index (χ4v) is 2.34. The molecule has 0 bridgehead atoms. The summed E-state index contributed by atoms with van der Waals surface area (Å²) in [5.74, 6) is 1.70. The highest BCUT2D eigenvalue weighted by molar-refractivity contribution is 5.99. The molecule has 1 unspecified atom stereocenters. The number of hydrogen-bond donors (Lipinski definition) is 0. The molecule has 4 heteroatoms. The lowest BCUT2D eigenvalue weighted by atomic mass is 10.1. The Bertz CT molecular complexity index is 422. The molecule has 18 heavy (non-hydrogen) atoms. The van der Waals surface area contributed by atoms with Crippen LogP contribution in [0.3, 0.4) is 0 Å². The Kier molecular flexibility index (Phi) is 3.75. The van der Waals surface area contributed by atoms with Crippen LogP contribution in [0, 0.1) is 5.92 Å². The van der Waals surface area contributed by atoms with Gasteiger partial charge in [-0.25, -0.2) is 0 Å². The van der Waals surface area contributed by atoms with Crippen LogP contribution in [0.5, 0.6) is 11.5 Å². The van der Waals surface area contributed by atoms with Crippen molar-refractivity contribution in [1.29, 1.82) is 0 Å². The predicted octanol–water partition coefficient (Wildman–Crippen LogP) is 2.19. The normalized spacial score (nSPS) is 18.8. The molecule has 0 N–H and O–H groups in total. The van der Waals surface area contributed by atoms with E-state index in [-0.39, 0.29) is 5.91 Å². The summed E-state index contributed by atoms with van der Waals surface area (Å²) in [7, 11) is 3.14. The van der Waals surface area contributed by atoms with E-state index in [4.69, 9.17) is 9.47 Å². The van der Waals surface area contributed by atoms with Crippen molar-refractivity contribution in [2.75, 3.05) is 27.3 Å². The van der Waals surface area contributed by atoms with Crippen LogP contribution in [0.2, 0.25) is 0 Å². The number of benzene rings is 1. The van der Waals surface area contributed by atoms with E-state index in [2.05, 4.69) is 6.92 Å². The Labute approximate surface area is 107 Å². The van der Waals surface area contributed by atoms with Crippen LogP contribution in [-0.2, 0) is 0 Å². The number of carbonyl (C=O) groups excluding carboxylic acids is 1. The highest BCUT2D eigenvalue weighted by atomic mass is 16.5. The van der Waals surface area contributed by atoms with Gasteiger partial charge < -0.3 is 14.4 Å². The lowest BCUT2D eigenvalue weighted by Gasteiger charge is -2.19. The summed E-state index contributed by atoms with van der Waals surface area (Å²) in [6.07, 6.45) is 1.06. The zero-order valence-electron chi connectivity index (χ0n) is 11.1. The number of amides is 1. The fourth-order valence-electron chi connectivity index (χ4n) is 2.34. The van der Waals surface area contributed by atoms with Crippen molar-refractivity contribution in [1.82, 2.24) is 4.90 Å². The molecule has 1 aliphatic heterocycles. The van der Waals surface area contributed by atoms with Crippen molar-refractivity contribution < 1.29 is 14.3 Å². The van der Waals surface area contributed by atoms with Crippen LogP contribution in [0.1, 0.15) is 23.7 Å². The van der Waals surface area contributed by atoms with E-state index >= 15 is 0 Å². The second-order valence-corrected chi connectivity index (χ2v) is 4.68. The Balaban J connectivity index is 2.34. The molecular weight excluding hydrogens is 230 g/mol. The second kappa shape index (κ2) is 5.29. The topological polar surface area (TPSA) is 38.8 Å². The maximum absolute atomic E-state index is 12.5. The van der Waals surface area contributed by atoms with E-state index in [1.54, 1.807) is 26.4 Å². The van der Waals surface area contributed by atoms with Crippen molar-refractivity contribution in [2.24, 2.45) is 5.92 Å². The minimum atomic E-state index is -0.00588. The third kappa shape index (κ3) is 2.28. The minimum absolute atomic E-state index is 0.00588. The number of methoxy groups -OCH3 is 2. The van der Waals surface area contributed by atoms with E-state index in [1.165, 1.54) is 0 Å². The summed E-state index contributed by atoms with van der Waals surface area (Å²) < 4.78 is 10.5. The standard InChI is InChI=1S/C14H19NO3/c1-10-7-8-15(9-10)14(16)13-11(17-2)5-4-6-12(13)18-3/h4-6,10H,7-9H2,1-3H3. The summed E-state index contributed by atoms with van der Waals surface area (Å²) >= 11 is 0. The number of hydrogen-bond acceptors (Lipinski definition) is 3. The predicted molar refractivity (Wildman–Crippen MR) is 69.2 cm³/mol. The molecule has 1 aromatic rings. The van der Waals surface area contributed by atoms with Gasteiger partial charge >= 0.3 is 0 Å². The molecule has 1 amide bonds. The molecule has 1 fully saturated rings. The van der Waals surface area contributed by atoms with Crippen molar-refractivity contribution in [2.45, 2.75) is 13.3 Å². The Morgan fingerprint density at radius 3 is 2.33 bits per heavy atom. The monoisotopic (exact) mass is 249 g/mol. The summed E-state index contributed by atoms with van der Waals surface area (Å²) in [5.41, 5.74) is 0.525. The van der Waals surface area contributed by atoms with Gasteiger partial charge in [-0.05, 0) is 24.5 Å². The molecule has 2 rings (SSSR count). The second-order valence-electron chi connectivity index (χ2n) is 4.68. The van der Waals surface area contributed by atoms with Crippen molar-refractivity contribution in [3.05, 3.63) is 23.8 Å². The lowest BCUT2D eigenvalue weighted by Crippen LogP contribution is -2.29. The molecule has 0 radical (unpaired) electrons. The number of nitrogens with zero attached hydrogens (tertiary/aromatic N) is 1. The van der Waals surface area contributed by atoms with Crippen molar-refractivity contribution >= 4 is 5.91 Å². The lowest BCUT2D eigenvalue weighted by molar-refractivity contribution is 0.0781. The van der Waals surface area contributed by atoms with Gasteiger partial charge in [0.05, 0.1) is 14.2 Å². The minimum Gasteiger partial charge on any atom is -0.496 e.